The van der Waals surface area contributed by atoms with E-state index >= 15 is 0 Å². The van der Waals surface area contributed by atoms with Crippen molar-refractivity contribution in [1.82, 2.24) is 9.88 Å². The van der Waals surface area contributed by atoms with Gasteiger partial charge in [0.25, 0.3) is 16.0 Å². The summed E-state index contributed by atoms with van der Waals surface area (Å²) in [5, 5.41) is -1.18. The molecule has 0 spiro atoms. The van der Waals surface area contributed by atoms with Gasteiger partial charge in [-0.05, 0) is 41.3 Å². The third-order valence-electron chi connectivity index (χ3n) is 6.00. The number of pyridine rings is 1. The van der Waals surface area contributed by atoms with Crippen LogP contribution < -0.4 is 5.73 Å². The van der Waals surface area contributed by atoms with Gasteiger partial charge >= 0.3 is 0 Å². The Morgan fingerprint density at radius 1 is 1.15 bits per heavy atom. The van der Waals surface area contributed by atoms with Crippen LogP contribution in [0.15, 0.2) is 72.0 Å². The van der Waals surface area contributed by atoms with E-state index in [2.05, 4.69) is 9.98 Å². The summed E-state index contributed by atoms with van der Waals surface area (Å²) in [7, 11) is -2.91. The second kappa shape index (κ2) is 8.62. The predicted molar refractivity (Wildman–Crippen MR) is 126 cm³/mol. The van der Waals surface area contributed by atoms with Gasteiger partial charge in [-0.3, -0.25) is 19.2 Å². The van der Waals surface area contributed by atoms with Crippen LogP contribution in [0.3, 0.4) is 0 Å². The van der Waals surface area contributed by atoms with Crippen molar-refractivity contribution in [3.05, 3.63) is 89.5 Å². The Kier molecular flexibility index (Phi) is 5.96. The third-order valence-corrected chi connectivity index (χ3v) is 7.33. The second-order valence-corrected chi connectivity index (χ2v) is 9.62. The fourth-order valence-electron chi connectivity index (χ4n) is 4.26. The van der Waals surface area contributed by atoms with Crippen molar-refractivity contribution in [2.24, 2.45) is 10.7 Å². The highest BCUT2D eigenvalue weighted by molar-refractivity contribution is 7.86. The molecule has 0 radical (unpaired) electrons. The molecule has 1 aliphatic rings. The highest BCUT2D eigenvalue weighted by atomic mass is 32.2. The predicted octanol–water partition coefficient (Wildman–Crippen LogP) is 3.26. The monoisotopic (exact) mass is 482 g/mol. The fraction of sp³-hybridized carbons (Fsp3) is 0.208. The van der Waals surface area contributed by atoms with Crippen molar-refractivity contribution in [1.29, 1.82) is 0 Å². The molecule has 8 nitrogen and oxygen atoms in total. The minimum Gasteiger partial charge on any atom is -0.369 e. The standard InChI is InChI=1S/C24H23FN4O4S/c1-3-21(34(31,32)33)15-6-4-8-17(12-15)24(22(30)29(2)23(26)28-24)18-9-10-20(25)19(13-18)16-7-5-11-27-14-16/h4-14,21H,3H2,1-2H3,(H2,26,28)(H,31,32,33). The molecule has 3 N–H and O–H groups in total. The Morgan fingerprint density at radius 2 is 1.88 bits per heavy atom. The van der Waals surface area contributed by atoms with Crippen LogP contribution in [0, 0.1) is 5.82 Å². The first-order chi connectivity index (χ1) is 16.1. The summed E-state index contributed by atoms with van der Waals surface area (Å²) in [5.74, 6) is -1.02. The van der Waals surface area contributed by atoms with Gasteiger partial charge < -0.3 is 5.73 Å². The molecule has 3 aromatic rings. The Hall–Kier alpha value is -3.63. The van der Waals surface area contributed by atoms with Crippen LogP contribution in [0.5, 0.6) is 0 Å². The number of hydrogen-bond acceptors (Lipinski definition) is 6. The van der Waals surface area contributed by atoms with Gasteiger partial charge in [0, 0.05) is 30.6 Å². The van der Waals surface area contributed by atoms with Crippen molar-refractivity contribution < 1.29 is 22.2 Å². The number of nitrogens with two attached hydrogens (primary N) is 1. The summed E-state index contributed by atoms with van der Waals surface area (Å²) >= 11 is 0. The lowest BCUT2D eigenvalue weighted by Gasteiger charge is -2.27. The largest absolute Gasteiger partial charge is 0.369 e. The molecule has 2 aromatic carbocycles. The number of aliphatic imine (C=N–C) groups is 1. The van der Waals surface area contributed by atoms with Gasteiger partial charge in [0.1, 0.15) is 11.1 Å². The lowest BCUT2D eigenvalue weighted by Crippen LogP contribution is -2.41. The van der Waals surface area contributed by atoms with Gasteiger partial charge in [-0.1, -0.05) is 43.3 Å². The van der Waals surface area contributed by atoms with Gasteiger partial charge in [0.05, 0.1) is 0 Å². The Morgan fingerprint density at radius 3 is 2.47 bits per heavy atom. The molecular weight excluding hydrogens is 459 g/mol. The number of amides is 1. The number of aromatic nitrogens is 1. The molecule has 0 aliphatic carbocycles. The van der Waals surface area contributed by atoms with Crippen molar-refractivity contribution in [3.63, 3.8) is 0 Å². The molecule has 2 unspecified atom stereocenters. The first-order valence-corrected chi connectivity index (χ1v) is 12.0. The van der Waals surface area contributed by atoms with Gasteiger partial charge in [-0.15, -0.1) is 0 Å². The molecule has 34 heavy (non-hydrogen) atoms. The van der Waals surface area contributed by atoms with Crippen LogP contribution in [0.4, 0.5) is 4.39 Å². The van der Waals surface area contributed by atoms with E-state index in [-0.39, 0.29) is 17.9 Å². The highest BCUT2D eigenvalue weighted by Crippen LogP contribution is 2.42. The Bertz CT molecular complexity index is 1400. The van der Waals surface area contributed by atoms with Crippen molar-refractivity contribution in [2.45, 2.75) is 24.1 Å². The van der Waals surface area contributed by atoms with E-state index in [0.29, 0.717) is 22.3 Å². The number of carbonyl (C=O) groups is 1. The Balaban J connectivity index is 1.97. The highest BCUT2D eigenvalue weighted by Gasteiger charge is 2.50. The zero-order valence-corrected chi connectivity index (χ0v) is 19.3. The van der Waals surface area contributed by atoms with Crippen LogP contribution >= 0.6 is 0 Å². The van der Waals surface area contributed by atoms with Crippen LogP contribution in [0.2, 0.25) is 0 Å². The Labute approximate surface area is 196 Å². The molecule has 4 rings (SSSR count). The van der Waals surface area contributed by atoms with E-state index in [0.717, 1.165) is 0 Å². The molecule has 0 fully saturated rings. The van der Waals surface area contributed by atoms with Gasteiger partial charge in [-0.2, -0.15) is 8.42 Å². The van der Waals surface area contributed by atoms with Crippen LogP contribution in [0.25, 0.3) is 11.1 Å². The van der Waals surface area contributed by atoms with Crippen molar-refractivity contribution >= 4 is 22.0 Å². The minimum atomic E-state index is -4.39. The van der Waals surface area contributed by atoms with Crippen molar-refractivity contribution in [3.8, 4) is 11.1 Å². The van der Waals surface area contributed by atoms with Gasteiger partial charge in [0.2, 0.25) is 0 Å². The second-order valence-electron chi connectivity index (χ2n) is 8.02. The van der Waals surface area contributed by atoms with Gasteiger partial charge in [-0.25, -0.2) is 9.38 Å². The molecule has 2 heterocycles. The molecule has 1 amide bonds. The normalized spacial score (nSPS) is 19.2. The lowest BCUT2D eigenvalue weighted by molar-refractivity contribution is -0.129. The van der Waals surface area contributed by atoms with E-state index in [4.69, 9.17) is 5.73 Å². The number of nitrogens with zero attached hydrogens (tertiary/aromatic N) is 3. The summed E-state index contributed by atoms with van der Waals surface area (Å²) in [6.07, 6.45) is 3.20. The van der Waals surface area contributed by atoms with E-state index < -0.39 is 32.6 Å². The summed E-state index contributed by atoms with van der Waals surface area (Å²) in [6, 6.07) is 13.9. The quantitative estimate of drug-likeness (QED) is 0.520. The topological polar surface area (TPSA) is 126 Å². The molecule has 0 saturated carbocycles. The number of carbonyl (C=O) groups excluding carboxylic acids is 1. The smallest absolute Gasteiger partial charge is 0.271 e. The average molecular weight is 483 g/mol. The van der Waals surface area contributed by atoms with Crippen molar-refractivity contribution in [2.75, 3.05) is 7.05 Å². The number of hydrogen-bond donors (Lipinski definition) is 2. The van der Waals surface area contributed by atoms with E-state index in [9.17, 15) is 22.2 Å². The number of benzene rings is 2. The SMILES string of the molecule is CCC(c1cccc(C2(c3ccc(F)c(-c4cccnc4)c3)N=C(N)N(C)C2=O)c1)S(=O)(=O)O. The van der Waals surface area contributed by atoms with Crippen LogP contribution in [-0.4, -0.2) is 41.8 Å². The summed E-state index contributed by atoms with van der Waals surface area (Å²) < 4.78 is 48.4. The molecular formula is C24H23FN4O4S. The maximum atomic E-state index is 14.8. The summed E-state index contributed by atoms with van der Waals surface area (Å²) in [4.78, 5) is 23.3. The summed E-state index contributed by atoms with van der Waals surface area (Å²) in [5.41, 5.74) is 6.08. The molecule has 10 heteroatoms. The summed E-state index contributed by atoms with van der Waals surface area (Å²) in [6.45, 7) is 1.63. The first-order valence-electron chi connectivity index (χ1n) is 10.5. The number of guanidine groups is 1. The molecule has 2 atom stereocenters. The van der Waals surface area contributed by atoms with Gasteiger partial charge in [0.15, 0.2) is 11.5 Å². The maximum Gasteiger partial charge on any atom is 0.271 e. The van der Waals surface area contributed by atoms with E-state index in [1.165, 1.54) is 42.4 Å². The lowest BCUT2D eigenvalue weighted by atomic mass is 9.81. The van der Waals surface area contributed by atoms with Crippen LogP contribution in [0.1, 0.15) is 35.3 Å². The third kappa shape index (κ3) is 3.84. The molecule has 176 valence electrons. The maximum absolute atomic E-state index is 14.8. The van der Waals surface area contributed by atoms with E-state index in [1.54, 1.807) is 43.5 Å². The average Bonchev–Trinajstić information content (AvgIpc) is 3.04. The minimum absolute atomic E-state index is 0.0375. The molecule has 1 aliphatic heterocycles. The van der Waals surface area contributed by atoms with E-state index in [1.807, 2.05) is 0 Å². The number of likely N-dealkylation sites (N-methyl/N-ethyl adjacent to an activating group) is 1. The number of rotatable bonds is 6. The van der Waals surface area contributed by atoms with Crippen LogP contribution in [-0.2, 0) is 20.5 Å². The zero-order valence-electron chi connectivity index (χ0n) is 18.5. The molecule has 0 saturated heterocycles. The zero-order chi connectivity index (χ0) is 24.7. The molecule has 1 aromatic heterocycles. The number of halogens is 1. The first kappa shape index (κ1) is 23.5. The fourth-order valence-corrected chi connectivity index (χ4v) is 5.17. The molecule has 0 bridgehead atoms.